The molecule has 1 aromatic rings. The number of hydrogen-bond acceptors (Lipinski definition) is 5. The van der Waals surface area contributed by atoms with E-state index in [1.807, 2.05) is 0 Å². The first-order chi connectivity index (χ1) is 10.5. The predicted molar refractivity (Wildman–Crippen MR) is 82.8 cm³/mol. The summed E-state index contributed by atoms with van der Waals surface area (Å²) in [5.74, 6) is 1.76. The van der Waals surface area contributed by atoms with Crippen LogP contribution in [0.15, 0.2) is 23.1 Å². The first-order valence-corrected chi connectivity index (χ1v) is 8.96. The fourth-order valence-electron chi connectivity index (χ4n) is 2.68. The van der Waals surface area contributed by atoms with Gasteiger partial charge >= 0.3 is 0 Å². The normalized spacial score (nSPS) is 19.7. The van der Waals surface area contributed by atoms with Gasteiger partial charge in [-0.05, 0) is 18.8 Å². The molecule has 3 rings (SSSR count). The fourth-order valence-corrected chi connectivity index (χ4v) is 3.95. The molecule has 0 aromatic heterocycles. The van der Waals surface area contributed by atoms with E-state index in [0.29, 0.717) is 11.5 Å². The Morgan fingerprint density at radius 1 is 1.14 bits per heavy atom. The lowest BCUT2D eigenvalue weighted by atomic mass is 10.1. The zero-order chi connectivity index (χ0) is 15.7. The number of sulfonamides is 1. The summed E-state index contributed by atoms with van der Waals surface area (Å²) in [4.78, 5) is 2.47. The van der Waals surface area contributed by atoms with E-state index in [1.54, 1.807) is 6.07 Å². The van der Waals surface area contributed by atoms with Crippen LogP contribution in [0.4, 0.5) is 0 Å². The third-order valence-electron chi connectivity index (χ3n) is 4.13. The molecule has 1 aliphatic heterocycles. The van der Waals surface area contributed by atoms with Crippen LogP contribution < -0.4 is 14.2 Å². The molecule has 0 amide bonds. The molecule has 1 aromatic carbocycles. The van der Waals surface area contributed by atoms with Crippen LogP contribution in [-0.2, 0) is 10.0 Å². The van der Waals surface area contributed by atoms with Crippen molar-refractivity contribution in [1.82, 2.24) is 9.62 Å². The van der Waals surface area contributed by atoms with Gasteiger partial charge in [0.25, 0.3) is 0 Å². The number of nitrogens with one attached hydrogen (secondary N) is 1. The first kappa shape index (κ1) is 15.6. The molecule has 122 valence electrons. The van der Waals surface area contributed by atoms with Crippen LogP contribution in [0.25, 0.3) is 0 Å². The number of ether oxygens (including phenoxy) is 2. The third kappa shape index (κ3) is 3.53. The van der Waals surface area contributed by atoms with E-state index in [2.05, 4.69) is 9.62 Å². The lowest BCUT2D eigenvalue weighted by Crippen LogP contribution is -2.59. The van der Waals surface area contributed by atoms with Crippen molar-refractivity contribution in [2.45, 2.75) is 23.8 Å². The van der Waals surface area contributed by atoms with E-state index in [-0.39, 0.29) is 10.9 Å². The molecule has 0 bridgehead atoms. The van der Waals surface area contributed by atoms with Crippen molar-refractivity contribution in [2.75, 3.05) is 33.9 Å². The van der Waals surface area contributed by atoms with E-state index in [0.717, 1.165) is 25.6 Å². The Kier molecular flexibility index (Phi) is 4.29. The average Bonchev–Trinajstić information content (AvgIpc) is 3.28. The summed E-state index contributed by atoms with van der Waals surface area (Å²) in [6, 6.07) is 4.65. The molecule has 0 spiro atoms. The zero-order valence-electron chi connectivity index (χ0n) is 12.9. The van der Waals surface area contributed by atoms with Crippen molar-refractivity contribution < 1.29 is 17.9 Å². The van der Waals surface area contributed by atoms with Crippen molar-refractivity contribution in [3.63, 3.8) is 0 Å². The van der Waals surface area contributed by atoms with Gasteiger partial charge in [-0.1, -0.05) is 0 Å². The van der Waals surface area contributed by atoms with Crippen molar-refractivity contribution in [3.05, 3.63) is 18.2 Å². The topological polar surface area (TPSA) is 67.9 Å². The van der Waals surface area contributed by atoms with Crippen LogP contribution >= 0.6 is 0 Å². The van der Waals surface area contributed by atoms with Gasteiger partial charge in [-0.3, -0.25) is 4.90 Å². The zero-order valence-corrected chi connectivity index (χ0v) is 13.7. The molecule has 1 N–H and O–H groups in total. The highest BCUT2D eigenvalue weighted by atomic mass is 32.2. The van der Waals surface area contributed by atoms with Crippen molar-refractivity contribution in [2.24, 2.45) is 5.92 Å². The minimum atomic E-state index is -3.56. The molecular formula is C15H22N2O4S. The maximum Gasteiger partial charge on any atom is 0.241 e. The SMILES string of the molecule is COc1cc(OC)cc(S(=O)(=O)NC2CN(CC3CC3)C2)c1. The smallest absolute Gasteiger partial charge is 0.241 e. The highest BCUT2D eigenvalue weighted by Gasteiger charge is 2.34. The van der Waals surface area contributed by atoms with Gasteiger partial charge in [-0.25, -0.2) is 13.1 Å². The van der Waals surface area contributed by atoms with Crippen molar-refractivity contribution >= 4 is 10.0 Å². The standard InChI is InChI=1S/C15H22N2O4S/c1-20-13-5-14(21-2)7-15(6-13)22(18,19)16-12-9-17(10-12)8-11-3-4-11/h5-7,11-12,16H,3-4,8-10H2,1-2H3. The summed E-state index contributed by atoms with van der Waals surface area (Å²) in [5.41, 5.74) is 0. The maximum absolute atomic E-state index is 12.5. The quantitative estimate of drug-likeness (QED) is 0.812. The molecule has 2 fully saturated rings. The van der Waals surface area contributed by atoms with Gasteiger partial charge < -0.3 is 9.47 Å². The average molecular weight is 326 g/mol. The second-order valence-electron chi connectivity index (χ2n) is 6.03. The number of likely N-dealkylation sites (tertiary alicyclic amines) is 1. The van der Waals surface area contributed by atoms with Crippen LogP contribution in [0, 0.1) is 5.92 Å². The fraction of sp³-hybridized carbons (Fsp3) is 0.600. The number of hydrogen-bond donors (Lipinski definition) is 1. The second-order valence-corrected chi connectivity index (χ2v) is 7.74. The highest BCUT2D eigenvalue weighted by Crippen LogP contribution is 2.31. The maximum atomic E-state index is 12.5. The summed E-state index contributed by atoms with van der Waals surface area (Å²) < 4.78 is 37.9. The van der Waals surface area contributed by atoms with Crippen LogP contribution in [-0.4, -0.2) is 53.2 Å². The van der Waals surface area contributed by atoms with Crippen molar-refractivity contribution in [3.8, 4) is 11.5 Å². The Balaban J connectivity index is 1.65. The summed E-state index contributed by atoms with van der Waals surface area (Å²) in [7, 11) is -0.558. The molecule has 1 saturated heterocycles. The van der Waals surface area contributed by atoms with Crippen molar-refractivity contribution in [1.29, 1.82) is 0 Å². The predicted octanol–water partition coefficient (Wildman–Crippen LogP) is 1.08. The minimum Gasteiger partial charge on any atom is -0.497 e. The lowest BCUT2D eigenvalue weighted by Gasteiger charge is -2.39. The summed E-state index contributed by atoms with van der Waals surface area (Å²) in [6.07, 6.45) is 2.63. The summed E-state index contributed by atoms with van der Waals surface area (Å²) >= 11 is 0. The molecule has 1 heterocycles. The van der Waals surface area contributed by atoms with E-state index in [9.17, 15) is 8.42 Å². The van der Waals surface area contributed by atoms with Crippen LogP contribution in [0.2, 0.25) is 0 Å². The molecule has 7 heteroatoms. The van der Waals surface area contributed by atoms with Gasteiger partial charge in [0.1, 0.15) is 11.5 Å². The Bertz CT molecular complexity index is 615. The van der Waals surface area contributed by atoms with Gasteiger partial charge in [0.15, 0.2) is 0 Å². The van der Waals surface area contributed by atoms with Crippen LogP contribution in [0.5, 0.6) is 11.5 Å². The molecule has 2 aliphatic rings. The molecule has 0 atom stereocenters. The Labute approximate surface area is 131 Å². The van der Waals surface area contributed by atoms with Gasteiger partial charge in [-0.2, -0.15) is 0 Å². The van der Waals surface area contributed by atoms with Gasteiger partial charge in [0.2, 0.25) is 10.0 Å². The van der Waals surface area contributed by atoms with Gasteiger partial charge in [0, 0.05) is 43.9 Å². The van der Waals surface area contributed by atoms with E-state index >= 15 is 0 Å². The molecule has 1 aliphatic carbocycles. The number of benzene rings is 1. The Morgan fingerprint density at radius 2 is 1.73 bits per heavy atom. The van der Waals surface area contributed by atoms with E-state index in [4.69, 9.17) is 9.47 Å². The van der Waals surface area contributed by atoms with Gasteiger partial charge in [-0.15, -0.1) is 0 Å². The molecular weight excluding hydrogens is 304 g/mol. The number of rotatable bonds is 7. The largest absolute Gasteiger partial charge is 0.497 e. The number of methoxy groups -OCH3 is 2. The monoisotopic (exact) mass is 326 g/mol. The highest BCUT2D eigenvalue weighted by molar-refractivity contribution is 7.89. The molecule has 1 saturated carbocycles. The minimum absolute atomic E-state index is 0.0130. The molecule has 0 unspecified atom stereocenters. The van der Waals surface area contributed by atoms with E-state index < -0.39 is 10.0 Å². The number of nitrogens with zero attached hydrogens (tertiary/aromatic N) is 1. The third-order valence-corrected chi connectivity index (χ3v) is 5.63. The summed E-state index contributed by atoms with van der Waals surface area (Å²) in [5, 5.41) is 0. The first-order valence-electron chi connectivity index (χ1n) is 7.48. The van der Waals surface area contributed by atoms with E-state index in [1.165, 1.54) is 39.2 Å². The molecule has 0 radical (unpaired) electrons. The van der Waals surface area contributed by atoms with Crippen LogP contribution in [0.3, 0.4) is 0 Å². The Hall–Kier alpha value is -1.31. The Morgan fingerprint density at radius 3 is 2.23 bits per heavy atom. The van der Waals surface area contributed by atoms with Crippen LogP contribution in [0.1, 0.15) is 12.8 Å². The van der Waals surface area contributed by atoms with Gasteiger partial charge in [0.05, 0.1) is 19.1 Å². The lowest BCUT2D eigenvalue weighted by molar-refractivity contribution is 0.134. The molecule has 6 nitrogen and oxygen atoms in total. The second kappa shape index (κ2) is 6.06. The molecule has 22 heavy (non-hydrogen) atoms. The summed E-state index contributed by atoms with van der Waals surface area (Å²) in [6.45, 7) is 2.68.